The molecule has 4 rings (SSSR count). The van der Waals surface area contributed by atoms with Gasteiger partial charge in [0.05, 0.1) is 25.1 Å². The Balaban J connectivity index is 1.69. The van der Waals surface area contributed by atoms with Crippen LogP contribution in [0.3, 0.4) is 0 Å². The van der Waals surface area contributed by atoms with Crippen LogP contribution >= 0.6 is 0 Å². The molecular weight excluding hydrogens is 278 g/mol. The Morgan fingerprint density at radius 3 is 3.09 bits per heavy atom. The van der Waals surface area contributed by atoms with Gasteiger partial charge in [-0.05, 0) is 31.3 Å². The highest BCUT2D eigenvalue weighted by Gasteiger charge is 2.23. The molecule has 22 heavy (non-hydrogen) atoms. The molecule has 0 bridgehead atoms. The molecule has 2 atom stereocenters. The van der Waals surface area contributed by atoms with Crippen LogP contribution in [-0.2, 0) is 4.74 Å². The number of rotatable bonds is 3. The number of aromatic nitrogens is 3. The first-order chi connectivity index (χ1) is 10.8. The summed E-state index contributed by atoms with van der Waals surface area (Å²) in [6.07, 6.45) is 8.02. The topological polar surface area (TPSA) is 77.5 Å². The molecule has 0 spiro atoms. The predicted octanol–water partition coefficient (Wildman–Crippen LogP) is 1.82. The lowest BCUT2D eigenvalue weighted by atomic mass is 10.1. The van der Waals surface area contributed by atoms with Crippen molar-refractivity contribution in [2.24, 2.45) is 5.73 Å². The molecule has 1 aliphatic carbocycles. The average molecular weight is 299 g/mol. The number of nitrogens with two attached hydrogens (primary N) is 1. The largest absolute Gasteiger partial charge is 0.377 e. The Morgan fingerprint density at radius 2 is 2.32 bits per heavy atom. The molecule has 0 radical (unpaired) electrons. The second-order valence-corrected chi connectivity index (χ2v) is 6.10. The van der Waals surface area contributed by atoms with Crippen molar-refractivity contribution in [3.05, 3.63) is 30.1 Å². The van der Waals surface area contributed by atoms with E-state index in [2.05, 4.69) is 22.6 Å². The van der Waals surface area contributed by atoms with Crippen molar-refractivity contribution in [2.75, 3.05) is 18.5 Å². The Kier molecular flexibility index (Phi) is 3.56. The molecule has 116 valence electrons. The summed E-state index contributed by atoms with van der Waals surface area (Å²) < 4.78 is 7.26. The molecule has 6 heteroatoms. The summed E-state index contributed by atoms with van der Waals surface area (Å²) in [6, 6.07) is 4.77. The van der Waals surface area contributed by atoms with Gasteiger partial charge in [0.1, 0.15) is 5.82 Å². The van der Waals surface area contributed by atoms with E-state index in [0.29, 0.717) is 18.7 Å². The molecule has 1 aliphatic heterocycles. The molecule has 0 amide bonds. The third kappa shape index (κ3) is 2.60. The number of nitrogens with one attached hydrogen (secondary N) is 1. The van der Waals surface area contributed by atoms with Gasteiger partial charge in [-0.25, -0.2) is 4.98 Å². The highest BCUT2D eigenvalue weighted by atomic mass is 16.5. The van der Waals surface area contributed by atoms with Crippen LogP contribution in [0, 0.1) is 0 Å². The average Bonchev–Trinajstić information content (AvgIpc) is 3.17. The van der Waals surface area contributed by atoms with Gasteiger partial charge >= 0.3 is 0 Å². The van der Waals surface area contributed by atoms with Gasteiger partial charge in [0.25, 0.3) is 0 Å². The monoisotopic (exact) mass is 299 g/mol. The Morgan fingerprint density at radius 1 is 1.36 bits per heavy atom. The van der Waals surface area contributed by atoms with Crippen molar-refractivity contribution < 1.29 is 4.74 Å². The van der Waals surface area contributed by atoms with E-state index in [1.54, 1.807) is 6.20 Å². The SMILES string of the molecule is N[C@H]1CC[C@H](Nc2cc(C3=CCOCC3)nc3ccnn23)C1. The van der Waals surface area contributed by atoms with E-state index in [4.69, 9.17) is 15.5 Å². The van der Waals surface area contributed by atoms with Crippen LogP contribution in [0.2, 0.25) is 0 Å². The third-order valence-electron chi connectivity index (χ3n) is 4.48. The highest BCUT2D eigenvalue weighted by molar-refractivity contribution is 5.68. The van der Waals surface area contributed by atoms with Gasteiger partial charge in [-0.2, -0.15) is 9.61 Å². The van der Waals surface area contributed by atoms with Crippen molar-refractivity contribution >= 4 is 17.0 Å². The molecule has 0 saturated heterocycles. The zero-order valence-electron chi connectivity index (χ0n) is 12.5. The first-order valence-electron chi connectivity index (χ1n) is 7.93. The van der Waals surface area contributed by atoms with Crippen LogP contribution in [0.4, 0.5) is 5.82 Å². The number of fused-ring (bicyclic) bond motifs is 1. The smallest absolute Gasteiger partial charge is 0.157 e. The molecule has 3 heterocycles. The standard InChI is InChI=1S/C16H21N5O/c17-12-1-2-13(9-12)19-16-10-14(11-4-7-22-8-5-11)20-15-3-6-18-21(15)16/h3-4,6,10,12-13,19H,1-2,5,7-9,17H2/t12-,13-/m0/s1. The van der Waals surface area contributed by atoms with E-state index in [1.165, 1.54) is 5.57 Å². The van der Waals surface area contributed by atoms with Crippen LogP contribution in [0.5, 0.6) is 0 Å². The van der Waals surface area contributed by atoms with Gasteiger partial charge in [-0.3, -0.25) is 0 Å². The second-order valence-electron chi connectivity index (χ2n) is 6.10. The summed E-state index contributed by atoms with van der Waals surface area (Å²) in [5, 5.41) is 7.98. The van der Waals surface area contributed by atoms with E-state index >= 15 is 0 Å². The molecule has 2 aromatic rings. The number of ether oxygens (including phenoxy) is 1. The van der Waals surface area contributed by atoms with Gasteiger partial charge in [0.15, 0.2) is 5.65 Å². The highest BCUT2D eigenvalue weighted by Crippen LogP contribution is 2.26. The molecule has 6 nitrogen and oxygen atoms in total. The van der Waals surface area contributed by atoms with Crippen molar-refractivity contribution in [2.45, 2.75) is 37.8 Å². The van der Waals surface area contributed by atoms with Gasteiger partial charge in [-0.1, -0.05) is 6.08 Å². The molecule has 1 saturated carbocycles. The Bertz CT molecular complexity index is 708. The van der Waals surface area contributed by atoms with Gasteiger partial charge < -0.3 is 15.8 Å². The first-order valence-corrected chi connectivity index (χ1v) is 7.93. The maximum atomic E-state index is 6.02. The molecule has 1 fully saturated rings. The van der Waals surface area contributed by atoms with Crippen molar-refractivity contribution in [3.8, 4) is 0 Å². The maximum absolute atomic E-state index is 6.02. The van der Waals surface area contributed by atoms with Crippen molar-refractivity contribution in [3.63, 3.8) is 0 Å². The molecule has 0 unspecified atom stereocenters. The second kappa shape index (κ2) is 5.70. The van der Waals surface area contributed by atoms with E-state index < -0.39 is 0 Å². The number of hydrogen-bond donors (Lipinski definition) is 2. The lowest BCUT2D eigenvalue weighted by Gasteiger charge is -2.18. The summed E-state index contributed by atoms with van der Waals surface area (Å²) in [6.45, 7) is 1.43. The Labute approximate surface area is 129 Å². The van der Waals surface area contributed by atoms with E-state index in [0.717, 1.165) is 49.4 Å². The first kappa shape index (κ1) is 13.7. The molecule has 0 aromatic carbocycles. The minimum atomic E-state index is 0.310. The van der Waals surface area contributed by atoms with Gasteiger partial charge in [0, 0.05) is 24.2 Å². The maximum Gasteiger partial charge on any atom is 0.157 e. The van der Waals surface area contributed by atoms with E-state index in [-0.39, 0.29) is 0 Å². The minimum Gasteiger partial charge on any atom is -0.377 e. The third-order valence-corrected chi connectivity index (χ3v) is 4.48. The van der Waals surface area contributed by atoms with E-state index in [9.17, 15) is 0 Å². The fourth-order valence-corrected chi connectivity index (χ4v) is 3.30. The van der Waals surface area contributed by atoms with Crippen LogP contribution < -0.4 is 11.1 Å². The predicted molar refractivity (Wildman–Crippen MR) is 85.6 cm³/mol. The number of anilines is 1. The van der Waals surface area contributed by atoms with E-state index in [1.807, 2.05) is 10.6 Å². The summed E-state index contributed by atoms with van der Waals surface area (Å²) in [4.78, 5) is 4.72. The Hall–Kier alpha value is -1.92. The normalized spacial score (nSPS) is 25.4. The van der Waals surface area contributed by atoms with Crippen LogP contribution in [0.1, 0.15) is 31.4 Å². The van der Waals surface area contributed by atoms with Gasteiger partial charge in [-0.15, -0.1) is 0 Å². The van der Waals surface area contributed by atoms with Gasteiger partial charge in [0.2, 0.25) is 0 Å². The summed E-state index contributed by atoms with van der Waals surface area (Å²) in [5.74, 6) is 0.997. The number of nitrogens with zero attached hydrogens (tertiary/aromatic N) is 3. The van der Waals surface area contributed by atoms with Crippen LogP contribution in [0.15, 0.2) is 24.4 Å². The molecule has 2 aliphatic rings. The summed E-state index contributed by atoms with van der Waals surface area (Å²) in [7, 11) is 0. The van der Waals surface area contributed by atoms with Crippen LogP contribution in [-0.4, -0.2) is 39.9 Å². The van der Waals surface area contributed by atoms with Crippen LogP contribution in [0.25, 0.3) is 11.2 Å². The number of hydrogen-bond acceptors (Lipinski definition) is 5. The summed E-state index contributed by atoms with van der Waals surface area (Å²) in [5.41, 5.74) is 9.16. The minimum absolute atomic E-state index is 0.310. The van der Waals surface area contributed by atoms with Crippen molar-refractivity contribution in [1.82, 2.24) is 14.6 Å². The zero-order valence-corrected chi connectivity index (χ0v) is 12.5. The molecule has 3 N–H and O–H groups in total. The summed E-state index contributed by atoms with van der Waals surface area (Å²) >= 11 is 0. The fraction of sp³-hybridized carbons (Fsp3) is 0.500. The molecular formula is C16H21N5O. The fourth-order valence-electron chi connectivity index (χ4n) is 3.30. The molecule has 2 aromatic heterocycles. The lowest BCUT2D eigenvalue weighted by Crippen LogP contribution is -2.22. The van der Waals surface area contributed by atoms with Crippen molar-refractivity contribution in [1.29, 1.82) is 0 Å². The zero-order chi connectivity index (χ0) is 14.9. The lowest BCUT2D eigenvalue weighted by molar-refractivity contribution is 0.161. The quantitative estimate of drug-likeness (QED) is 0.904.